The minimum atomic E-state index is -0.0914. The number of carbonyl (C=O) groups excluding carboxylic acids is 1. The van der Waals surface area contributed by atoms with E-state index in [4.69, 9.17) is 9.47 Å². The van der Waals surface area contributed by atoms with Gasteiger partial charge in [-0.15, -0.1) is 5.10 Å². The molecule has 1 aromatic carbocycles. The fourth-order valence-electron chi connectivity index (χ4n) is 1.63. The van der Waals surface area contributed by atoms with E-state index in [2.05, 4.69) is 20.8 Å². The Kier molecular flexibility index (Phi) is 6.16. The van der Waals surface area contributed by atoms with Gasteiger partial charge in [0.05, 0.1) is 25.2 Å². The number of thioether (sulfide) groups is 1. The van der Waals surface area contributed by atoms with Gasteiger partial charge in [-0.1, -0.05) is 11.8 Å². The van der Waals surface area contributed by atoms with Crippen molar-refractivity contribution in [1.29, 1.82) is 0 Å². The SMILES string of the molecule is COCCNC(=O)CSc1nnnn1-c1ccc(OC)cc1. The minimum absolute atomic E-state index is 0.0914. The third-order valence-electron chi connectivity index (χ3n) is 2.72. The molecule has 2 aromatic rings. The van der Waals surface area contributed by atoms with Crippen molar-refractivity contribution < 1.29 is 14.3 Å². The van der Waals surface area contributed by atoms with Crippen molar-refractivity contribution in [3.63, 3.8) is 0 Å². The van der Waals surface area contributed by atoms with Crippen LogP contribution >= 0.6 is 11.8 Å². The molecule has 8 nitrogen and oxygen atoms in total. The normalized spacial score (nSPS) is 10.5. The molecule has 1 N–H and O–H groups in total. The van der Waals surface area contributed by atoms with Crippen molar-refractivity contribution in [2.24, 2.45) is 0 Å². The molecule has 0 saturated carbocycles. The van der Waals surface area contributed by atoms with E-state index in [1.807, 2.05) is 24.3 Å². The van der Waals surface area contributed by atoms with Crippen LogP contribution in [-0.4, -0.2) is 59.2 Å². The van der Waals surface area contributed by atoms with Gasteiger partial charge in [-0.25, -0.2) is 0 Å². The fraction of sp³-hybridized carbons (Fsp3) is 0.385. The summed E-state index contributed by atoms with van der Waals surface area (Å²) in [7, 11) is 3.19. The van der Waals surface area contributed by atoms with E-state index in [0.29, 0.717) is 18.3 Å². The minimum Gasteiger partial charge on any atom is -0.497 e. The summed E-state index contributed by atoms with van der Waals surface area (Å²) in [5.41, 5.74) is 0.799. The predicted octanol–water partition coefficient (Wildman–Crippen LogP) is 0.526. The predicted molar refractivity (Wildman–Crippen MR) is 81.3 cm³/mol. The van der Waals surface area contributed by atoms with Crippen LogP contribution < -0.4 is 10.1 Å². The summed E-state index contributed by atoms with van der Waals surface area (Å²) in [6, 6.07) is 7.33. The molecule has 1 amide bonds. The van der Waals surface area contributed by atoms with Crippen LogP contribution in [0.2, 0.25) is 0 Å². The molecule has 9 heteroatoms. The Morgan fingerprint density at radius 1 is 1.32 bits per heavy atom. The average Bonchev–Trinajstić information content (AvgIpc) is 3.02. The first-order chi connectivity index (χ1) is 10.7. The molecule has 0 aliphatic carbocycles. The van der Waals surface area contributed by atoms with Gasteiger partial charge in [-0.3, -0.25) is 4.79 Å². The van der Waals surface area contributed by atoms with Crippen LogP contribution in [0.3, 0.4) is 0 Å². The van der Waals surface area contributed by atoms with Gasteiger partial charge >= 0.3 is 0 Å². The van der Waals surface area contributed by atoms with E-state index in [1.54, 1.807) is 18.9 Å². The first-order valence-corrected chi connectivity index (χ1v) is 7.54. The molecular formula is C13H17N5O3S. The number of hydrogen-bond donors (Lipinski definition) is 1. The Hall–Kier alpha value is -2.13. The van der Waals surface area contributed by atoms with Crippen LogP contribution in [0.25, 0.3) is 5.69 Å². The van der Waals surface area contributed by atoms with Crippen LogP contribution in [0.15, 0.2) is 29.4 Å². The van der Waals surface area contributed by atoms with Crippen LogP contribution in [0.4, 0.5) is 0 Å². The number of ether oxygens (including phenoxy) is 2. The molecule has 1 heterocycles. The zero-order valence-corrected chi connectivity index (χ0v) is 13.2. The topological polar surface area (TPSA) is 91.2 Å². The van der Waals surface area contributed by atoms with Crippen molar-refractivity contribution in [3.8, 4) is 11.4 Å². The number of nitrogens with one attached hydrogen (secondary N) is 1. The van der Waals surface area contributed by atoms with E-state index in [1.165, 1.54) is 11.8 Å². The van der Waals surface area contributed by atoms with Gasteiger partial charge in [0.2, 0.25) is 11.1 Å². The molecule has 0 aliphatic rings. The molecule has 0 radical (unpaired) electrons. The molecule has 0 saturated heterocycles. The van der Waals surface area contributed by atoms with Crippen molar-refractivity contribution >= 4 is 17.7 Å². The third-order valence-corrected chi connectivity index (χ3v) is 3.64. The highest BCUT2D eigenvalue weighted by atomic mass is 32.2. The number of tetrazole rings is 1. The molecule has 0 unspecified atom stereocenters. The number of amides is 1. The molecule has 0 bridgehead atoms. The van der Waals surface area contributed by atoms with Gasteiger partial charge in [0.1, 0.15) is 5.75 Å². The summed E-state index contributed by atoms with van der Waals surface area (Å²) < 4.78 is 11.6. The number of aromatic nitrogens is 4. The number of nitrogens with zero attached hydrogens (tertiary/aromatic N) is 4. The number of benzene rings is 1. The molecular weight excluding hydrogens is 306 g/mol. The quantitative estimate of drug-likeness (QED) is 0.559. The standard InChI is InChI=1S/C13H17N5O3S/c1-20-8-7-14-12(19)9-22-13-15-16-17-18(13)10-3-5-11(21-2)6-4-10/h3-6H,7-9H2,1-2H3,(H,14,19). The first kappa shape index (κ1) is 16.2. The zero-order valence-electron chi connectivity index (χ0n) is 12.4. The molecule has 0 aliphatic heterocycles. The zero-order chi connectivity index (χ0) is 15.8. The van der Waals surface area contributed by atoms with E-state index < -0.39 is 0 Å². The van der Waals surface area contributed by atoms with Gasteiger partial charge in [0.25, 0.3) is 0 Å². The second-order valence-corrected chi connectivity index (χ2v) is 5.15. The molecule has 118 valence electrons. The number of carbonyl (C=O) groups is 1. The van der Waals surface area contributed by atoms with E-state index >= 15 is 0 Å². The van der Waals surface area contributed by atoms with E-state index in [-0.39, 0.29) is 11.7 Å². The van der Waals surface area contributed by atoms with Gasteiger partial charge in [0, 0.05) is 13.7 Å². The summed E-state index contributed by atoms with van der Waals surface area (Å²) in [6.45, 7) is 0.972. The van der Waals surface area contributed by atoms with Gasteiger partial charge in [-0.2, -0.15) is 4.68 Å². The van der Waals surface area contributed by atoms with Crippen LogP contribution in [0.5, 0.6) is 5.75 Å². The van der Waals surface area contributed by atoms with E-state index in [9.17, 15) is 4.79 Å². The van der Waals surface area contributed by atoms with Crippen molar-refractivity contribution in [3.05, 3.63) is 24.3 Å². The first-order valence-electron chi connectivity index (χ1n) is 6.56. The number of hydrogen-bond acceptors (Lipinski definition) is 7. The van der Waals surface area contributed by atoms with Crippen molar-refractivity contribution in [2.45, 2.75) is 5.16 Å². The Morgan fingerprint density at radius 2 is 2.09 bits per heavy atom. The molecule has 0 atom stereocenters. The Bertz CT molecular complexity index is 602. The Labute approximate surface area is 132 Å². The number of methoxy groups -OCH3 is 2. The van der Waals surface area contributed by atoms with Crippen LogP contribution in [0.1, 0.15) is 0 Å². The molecule has 0 fully saturated rings. The van der Waals surface area contributed by atoms with Crippen molar-refractivity contribution in [1.82, 2.24) is 25.5 Å². The third kappa shape index (κ3) is 4.43. The second kappa shape index (κ2) is 8.35. The summed E-state index contributed by atoms with van der Waals surface area (Å²) in [6.07, 6.45) is 0. The maximum atomic E-state index is 11.7. The Morgan fingerprint density at radius 3 is 2.77 bits per heavy atom. The molecule has 0 spiro atoms. The summed E-state index contributed by atoms with van der Waals surface area (Å²) in [5.74, 6) is 0.898. The van der Waals surface area contributed by atoms with Crippen molar-refractivity contribution in [2.75, 3.05) is 33.1 Å². The Balaban J connectivity index is 1.95. The van der Waals surface area contributed by atoms with Gasteiger partial charge in [-0.05, 0) is 34.7 Å². The average molecular weight is 323 g/mol. The van der Waals surface area contributed by atoms with E-state index in [0.717, 1.165) is 11.4 Å². The second-order valence-electron chi connectivity index (χ2n) is 4.20. The molecule has 22 heavy (non-hydrogen) atoms. The van der Waals surface area contributed by atoms with Crippen LogP contribution in [0, 0.1) is 0 Å². The highest BCUT2D eigenvalue weighted by Crippen LogP contribution is 2.19. The van der Waals surface area contributed by atoms with Gasteiger partial charge < -0.3 is 14.8 Å². The van der Waals surface area contributed by atoms with Crippen LogP contribution in [-0.2, 0) is 9.53 Å². The lowest BCUT2D eigenvalue weighted by Gasteiger charge is -2.06. The lowest BCUT2D eigenvalue weighted by Crippen LogP contribution is -2.28. The maximum Gasteiger partial charge on any atom is 0.230 e. The highest BCUT2D eigenvalue weighted by Gasteiger charge is 2.11. The lowest BCUT2D eigenvalue weighted by atomic mass is 10.3. The van der Waals surface area contributed by atoms with Gasteiger partial charge in [0.15, 0.2) is 0 Å². The fourth-order valence-corrected chi connectivity index (χ4v) is 2.35. The monoisotopic (exact) mass is 323 g/mol. The largest absolute Gasteiger partial charge is 0.497 e. The summed E-state index contributed by atoms with van der Waals surface area (Å²) in [5, 5.41) is 14.8. The smallest absolute Gasteiger partial charge is 0.230 e. The molecule has 1 aromatic heterocycles. The highest BCUT2D eigenvalue weighted by molar-refractivity contribution is 7.99. The number of rotatable bonds is 8. The summed E-state index contributed by atoms with van der Waals surface area (Å²) in [4.78, 5) is 11.7. The lowest BCUT2D eigenvalue weighted by molar-refractivity contribution is -0.118. The maximum absolute atomic E-state index is 11.7. The molecule has 2 rings (SSSR count). The summed E-state index contributed by atoms with van der Waals surface area (Å²) >= 11 is 1.27.